The van der Waals surface area contributed by atoms with Crippen molar-refractivity contribution in [1.29, 1.82) is 0 Å². The quantitative estimate of drug-likeness (QED) is 0.368. The number of carbonyl (C=O) groups excluding carboxylic acids is 1. The minimum Gasteiger partial charge on any atom is -0.494 e. The molecule has 1 atom stereocenters. The second kappa shape index (κ2) is 9.82. The van der Waals surface area contributed by atoms with Gasteiger partial charge < -0.3 is 14.8 Å². The van der Waals surface area contributed by atoms with E-state index in [-0.39, 0.29) is 5.97 Å². The van der Waals surface area contributed by atoms with Crippen molar-refractivity contribution in [3.63, 3.8) is 0 Å². The molecule has 0 amide bonds. The zero-order chi connectivity index (χ0) is 20.8. The summed E-state index contributed by atoms with van der Waals surface area (Å²) in [6, 6.07) is 7.39. The molecule has 29 heavy (non-hydrogen) atoms. The van der Waals surface area contributed by atoms with E-state index in [1.54, 1.807) is 16.4 Å². The average Bonchev–Trinajstić information content (AvgIpc) is 3.13. The summed E-state index contributed by atoms with van der Waals surface area (Å²) in [7, 11) is 1.39. The van der Waals surface area contributed by atoms with Crippen LogP contribution < -0.4 is 10.1 Å². The van der Waals surface area contributed by atoms with Gasteiger partial charge in [-0.05, 0) is 37.5 Å². The summed E-state index contributed by atoms with van der Waals surface area (Å²) in [5.74, 6) is 2.00. The molecule has 0 spiro atoms. The number of thioether (sulfide) groups is 1. The largest absolute Gasteiger partial charge is 0.494 e. The number of anilines is 1. The Bertz CT molecular complexity index is 877. The van der Waals surface area contributed by atoms with E-state index in [1.165, 1.54) is 7.11 Å². The van der Waals surface area contributed by atoms with Crippen LogP contribution in [-0.4, -0.2) is 40.2 Å². The van der Waals surface area contributed by atoms with Crippen LogP contribution in [0.4, 0.5) is 5.95 Å². The average molecular weight is 417 g/mol. The van der Waals surface area contributed by atoms with Gasteiger partial charge in [0.1, 0.15) is 11.8 Å². The number of hydrogen-bond acceptors (Lipinski definition) is 7. The summed E-state index contributed by atoms with van der Waals surface area (Å²) >= 11 is 1.60. The minimum absolute atomic E-state index is 0.382. The fourth-order valence-corrected chi connectivity index (χ4v) is 3.83. The van der Waals surface area contributed by atoms with Crippen LogP contribution in [0.1, 0.15) is 51.6 Å². The predicted molar refractivity (Wildman–Crippen MR) is 114 cm³/mol. The third-order valence-corrected chi connectivity index (χ3v) is 5.68. The fraction of sp³-hybridized carbons (Fsp3) is 0.476. The standard InChI is InChI=1S/C21H28N4O3S/c1-5-7-12-28-16-10-8-15(9-11-16)18-17(19(26)27-4)14(3)22-20-23-21(24-25(18)20)29-13-6-2/h8-11,18H,5-7,12-13H2,1-4H3,(H,22,23,24). The highest BCUT2D eigenvalue weighted by Crippen LogP contribution is 2.37. The third kappa shape index (κ3) is 4.75. The molecule has 1 N–H and O–H groups in total. The first-order valence-electron chi connectivity index (χ1n) is 9.97. The van der Waals surface area contributed by atoms with Gasteiger partial charge in [-0.25, -0.2) is 9.48 Å². The van der Waals surface area contributed by atoms with Gasteiger partial charge in [0.2, 0.25) is 11.1 Å². The number of ether oxygens (including phenoxy) is 2. The number of esters is 1. The SMILES string of the molecule is CCCCOc1ccc(C2C(C(=O)OC)=C(C)Nc3nc(SCCC)nn32)cc1. The van der Waals surface area contributed by atoms with Crippen molar-refractivity contribution >= 4 is 23.7 Å². The van der Waals surface area contributed by atoms with Gasteiger partial charge in [-0.15, -0.1) is 5.10 Å². The van der Waals surface area contributed by atoms with E-state index < -0.39 is 6.04 Å². The topological polar surface area (TPSA) is 78.3 Å². The zero-order valence-electron chi connectivity index (χ0n) is 17.4. The Morgan fingerprint density at radius 2 is 2.00 bits per heavy atom. The Labute approximate surface area is 175 Å². The lowest BCUT2D eigenvalue weighted by Gasteiger charge is -2.27. The number of unbranched alkanes of at least 4 members (excludes halogenated alkanes) is 1. The number of nitrogens with one attached hydrogen (secondary N) is 1. The van der Waals surface area contributed by atoms with Gasteiger partial charge in [-0.3, -0.25) is 0 Å². The summed E-state index contributed by atoms with van der Waals surface area (Å²) in [6.07, 6.45) is 3.15. The van der Waals surface area contributed by atoms with Crippen molar-refractivity contribution in [3.05, 3.63) is 41.1 Å². The Hall–Kier alpha value is -2.48. The van der Waals surface area contributed by atoms with E-state index in [9.17, 15) is 4.79 Å². The van der Waals surface area contributed by atoms with Gasteiger partial charge in [0.25, 0.3) is 0 Å². The molecule has 1 aromatic heterocycles. The normalized spacial score (nSPS) is 15.7. The van der Waals surface area contributed by atoms with Gasteiger partial charge in [0, 0.05) is 11.4 Å². The number of aromatic nitrogens is 3. The van der Waals surface area contributed by atoms with Crippen LogP contribution in [0.2, 0.25) is 0 Å². The molecule has 156 valence electrons. The summed E-state index contributed by atoms with van der Waals surface area (Å²) in [4.78, 5) is 17.2. The van der Waals surface area contributed by atoms with Crippen LogP contribution in [0.25, 0.3) is 0 Å². The molecule has 8 heteroatoms. The van der Waals surface area contributed by atoms with Crippen LogP contribution in [0.3, 0.4) is 0 Å². The van der Waals surface area contributed by atoms with Crippen molar-refractivity contribution in [3.8, 4) is 5.75 Å². The molecular weight excluding hydrogens is 388 g/mol. The van der Waals surface area contributed by atoms with E-state index in [4.69, 9.17) is 9.47 Å². The molecule has 7 nitrogen and oxygen atoms in total. The molecule has 0 fully saturated rings. The molecule has 0 saturated heterocycles. The lowest BCUT2D eigenvalue weighted by atomic mass is 9.96. The maximum absolute atomic E-state index is 12.6. The first-order chi connectivity index (χ1) is 14.1. The number of hydrogen-bond donors (Lipinski definition) is 1. The highest BCUT2D eigenvalue weighted by atomic mass is 32.2. The molecule has 0 aliphatic carbocycles. The Morgan fingerprint density at radius 1 is 1.24 bits per heavy atom. The number of rotatable bonds is 9. The van der Waals surface area contributed by atoms with Crippen LogP contribution in [0.15, 0.2) is 40.7 Å². The third-order valence-electron chi connectivity index (χ3n) is 4.64. The number of allylic oxidation sites excluding steroid dienone is 1. The van der Waals surface area contributed by atoms with Crippen molar-refractivity contribution in [2.75, 3.05) is 24.8 Å². The monoisotopic (exact) mass is 416 g/mol. The van der Waals surface area contributed by atoms with Crippen molar-refractivity contribution in [2.45, 2.75) is 51.2 Å². The second-order valence-corrected chi connectivity index (χ2v) is 7.90. The first kappa shape index (κ1) is 21.2. The van der Waals surface area contributed by atoms with Crippen LogP contribution in [0, 0.1) is 0 Å². The predicted octanol–water partition coefficient (Wildman–Crippen LogP) is 4.42. The second-order valence-electron chi connectivity index (χ2n) is 6.84. The summed E-state index contributed by atoms with van der Waals surface area (Å²) in [6.45, 7) is 6.81. The molecular formula is C21H28N4O3S. The Kier molecular flexibility index (Phi) is 7.19. The molecule has 2 aromatic rings. The zero-order valence-corrected chi connectivity index (χ0v) is 18.2. The number of benzene rings is 1. The molecule has 1 aliphatic heterocycles. The Balaban J connectivity index is 1.96. The molecule has 0 radical (unpaired) electrons. The number of fused-ring (bicyclic) bond motifs is 1. The lowest BCUT2D eigenvalue weighted by molar-refractivity contribution is -0.136. The van der Waals surface area contributed by atoms with Gasteiger partial charge in [0.05, 0.1) is 19.3 Å². The van der Waals surface area contributed by atoms with Crippen LogP contribution >= 0.6 is 11.8 Å². The van der Waals surface area contributed by atoms with Crippen LogP contribution in [0.5, 0.6) is 5.75 Å². The summed E-state index contributed by atoms with van der Waals surface area (Å²) in [5.41, 5.74) is 2.17. The molecule has 1 unspecified atom stereocenters. The molecule has 3 rings (SSSR count). The first-order valence-corrected chi connectivity index (χ1v) is 11.0. The molecule has 0 saturated carbocycles. The van der Waals surface area contributed by atoms with Crippen molar-refractivity contribution in [1.82, 2.24) is 14.8 Å². The van der Waals surface area contributed by atoms with Gasteiger partial charge in [-0.2, -0.15) is 4.98 Å². The lowest BCUT2D eigenvalue weighted by Crippen LogP contribution is -2.29. The summed E-state index contributed by atoms with van der Waals surface area (Å²) in [5, 5.41) is 8.55. The van der Waals surface area contributed by atoms with E-state index in [1.807, 2.05) is 31.2 Å². The van der Waals surface area contributed by atoms with Gasteiger partial charge >= 0.3 is 5.97 Å². The maximum Gasteiger partial charge on any atom is 0.338 e. The minimum atomic E-state index is -0.410. The van der Waals surface area contributed by atoms with Crippen molar-refractivity contribution < 1.29 is 14.3 Å². The number of methoxy groups -OCH3 is 1. The van der Waals surface area contributed by atoms with Gasteiger partial charge in [-0.1, -0.05) is 44.2 Å². The van der Waals surface area contributed by atoms with Crippen molar-refractivity contribution in [2.24, 2.45) is 0 Å². The molecule has 1 aromatic carbocycles. The fourth-order valence-electron chi connectivity index (χ4n) is 3.15. The smallest absolute Gasteiger partial charge is 0.338 e. The number of nitrogens with zero attached hydrogens (tertiary/aromatic N) is 3. The van der Waals surface area contributed by atoms with E-state index >= 15 is 0 Å². The molecule has 1 aliphatic rings. The van der Waals surface area contributed by atoms with Gasteiger partial charge in [0.15, 0.2) is 0 Å². The number of carbonyl (C=O) groups is 1. The van der Waals surface area contributed by atoms with Crippen LogP contribution in [-0.2, 0) is 9.53 Å². The highest BCUT2D eigenvalue weighted by Gasteiger charge is 2.34. The van der Waals surface area contributed by atoms with E-state index in [0.29, 0.717) is 23.3 Å². The molecule has 2 heterocycles. The van der Waals surface area contributed by atoms with E-state index in [0.717, 1.165) is 42.0 Å². The van der Waals surface area contributed by atoms with E-state index in [2.05, 4.69) is 29.2 Å². The Morgan fingerprint density at radius 3 is 2.66 bits per heavy atom. The summed E-state index contributed by atoms with van der Waals surface area (Å²) < 4.78 is 12.6. The molecule has 0 bridgehead atoms. The highest BCUT2D eigenvalue weighted by molar-refractivity contribution is 7.99. The maximum atomic E-state index is 12.6.